The standard InChI is InChI=1S/C28H28N2O4/c1-16(2)19-8-10-21(11-9-19)30-25(20-7-6-12-29-15-20)24(27(32)28(30)33)26(31)22-13-18(4)23(34-5)14-17(22)3/h6-16,25,31H,1-5H3/b26-24+. The number of anilines is 1. The number of hydrogen-bond donors (Lipinski definition) is 1. The number of nitrogens with zero attached hydrogens (tertiary/aromatic N) is 2. The molecule has 1 aliphatic rings. The average molecular weight is 457 g/mol. The second-order valence-corrected chi connectivity index (χ2v) is 8.84. The van der Waals surface area contributed by atoms with Gasteiger partial charge in [-0.2, -0.15) is 0 Å². The predicted octanol–water partition coefficient (Wildman–Crippen LogP) is 5.46. The van der Waals surface area contributed by atoms with Gasteiger partial charge in [-0.15, -0.1) is 0 Å². The smallest absolute Gasteiger partial charge is 0.300 e. The lowest BCUT2D eigenvalue weighted by Gasteiger charge is -2.25. The minimum atomic E-state index is -0.805. The molecule has 1 unspecified atom stereocenters. The second-order valence-electron chi connectivity index (χ2n) is 8.84. The first kappa shape index (κ1) is 23.2. The van der Waals surface area contributed by atoms with E-state index in [4.69, 9.17) is 4.74 Å². The Bertz CT molecular complexity index is 1280. The minimum absolute atomic E-state index is 0.0404. The second kappa shape index (κ2) is 9.14. The maximum Gasteiger partial charge on any atom is 0.300 e. The number of aromatic nitrogens is 1. The fourth-order valence-corrected chi connectivity index (χ4v) is 4.38. The number of carbonyl (C=O) groups is 2. The first-order valence-corrected chi connectivity index (χ1v) is 11.2. The van der Waals surface area contributed by atoms with E-state index in [1.54, 1.807) is 37.7 Å². The highest BCUT2D eigenvalue weighted by Crippen LogP contribution is 2.43. The summed E-state index contributed by atoms with van der Waals surface area (Å²) in [5, 5.41) is 11.4. The normalized spacial score (nSPS) is 17.5. The zero-order valence-corrected chi connectivity index (χ0v) is 20.0. The summed E-state index contributed by atoms with van der Waals surface area (Å²) in [6.45, 7) is 7.88. The van der Waals surface area contributed by atoms with Crippen molar-refractivity contribution in [3.05, 3.63) is 94.3 Å². The number of methoxy groups -OCH3 is 1. The van der Waals surface area contributed by atoms with Gasteiger partial charge in [-0.25, -0.2) is 0 Å². The molecule has 1 atom stereocenters. The Morgan fingerprint density at radius 1 is 1.06 bits per heavy atom. The highest BCUT2D eigenvalue weighted by molar-refractivity contribution is 6.51. The van der Waals surface area contributed by atoms with Crippen LogP contribution in [0, 0.1) is 13.8 Å². The minimum Gasteiger partial charge on any atom is -0.507 e. The maximum atomic E-state index is 13.3. The van der Waals surface area contributed by atoms with Crippen LogP contribution >= 0.6 is 0 Å². The molecule has 3 aromatic rings. The summed E-state index contributed by atoms with van der Waals surface area (Å²) >= 11 is 0. The van der Waals surface area contributed by atoms with Crippen LogP contribution in [0.3, 0.4) is 0 Å². The summed E-state index contributed by atoms with van der Waals surface area (Å²) in [5.74, 6) is -0.608. The molecular weight excluding hydrogens is 428 g/mol. The fourth-order valence-electron chi connectivity index (χ4n) is 4.38. The van der Waals surface area contributed by atoms with E-state index in [2.05, 4.69) is 18.8 Å². The third-order valence-electron chi connectivity index (χ3n) is 6.28. The van der Waals surface area contributed by atoms with Crippen molar-refractivity contribution < 1.29 is 19.4 Å². The monoisotopic (exact) mass is 456 g/mol. The number of aliphatic hydroxyl groups excluding tert-OH is 1. The average Bonchev–Trinajstić information content (AvgIpc) is 3.10. The fraction of sp³-hybridized carbons (Fsp3) is 0.250. The molecule has 0 aliphatic carbocycles. The molecule has 0 bridgehead atoms. The molecule has 1 aliphatic heterocycles. The Kier molecular flexibility index (Phi) is 6.24. The molecule has 2 aromatic carbocycles. The molecule has 1 fully saturated rings. The zero-order chi connectivity index (χ0) is 24.6. The van der Waals surface area contributed by atoms with Crippen LogP contribution in [0.4, 0.5) is 5.69 Å². The quantitative estimate of drug-likeness (QED) is 0.313. The maximum absolute atomic E-state index is 13.3. The van der Waals surface area contributed by atoms with E-state index < -0.39 is 17.7 Å². The van der Waals surface area contributed by atoms with E-state index in [-0.39, 0.29) is 11.3 Å². The predicted molar refractivity (Wildman–Crippen MR) is 132 cm³/mol. The largest absolute Gasteiger partial charge is 0.507 e. The van der Waals surface area contributed by atoms with Crippen LogP contribution in [0.15, 0.2) is 66.5 Å². The van der Waals surface area contributed by atoms with Gasteiger partial charge in [-0.3, -0.25) is 19.5 Å². The number of amides is 1. The number of aliphatic hydroxyl groups is 1. The van der Waals surface area contributed by atoms with Crippen LogP contribution in [0.25, 0.3) is 5.76 Å². The van der Waals surface area contributed by atoms with E-state index in [9.17, 15) is 14.7 Å². The lowest BCUT2D eigenvalue weighted by Crippen LogP contribution is -2.29. The Balaban J connectivity index is 1.92. The molecule has 1 saturated heterocycles. The Morgan fingerprint density at radius 3 is 2.35 bits per heavy atom. The van der Waals surface area contributed by atoms with E-state index in [0.717, 1.165) is 16.7 Å². The summed E-state index contributed by atoms with van der Waals surface area (Å²) in [5.41, 5.74) is 4.42. The molecule has 2 heterocycles. The third-order valence-corrected chi connectivity index (χ3v) is 6.28. The highest BCUT2D eigenvalue weighted by Gasteiger charge is 2.47. The Morgan fingerprint density at radius 2 is 1.76 bits per heavy atom. The molecular formula is C28H28N2O4. The molecule has 6 nitrogen and oxygen atoms in total. The number of ether oxygens (including phenoxy) is 1. The van der Waals surface area contributed by atoms with Crippen LogP contribution in [0.1, 0.15) is 53.6 Å². The molecule has 4 rings (SSSR count). The van der Waals surface area contributed by atoms with Gasteiger partial charge in [-0.05, 0) is 72.4 Å². The van der Waals surface area contributed by atoms with E-state index in [1.807, 2.05) is 44.2 Å². The third kappa shape index (κ3) is 3.96. The SMILES string of the molecule is COc1cc(C)c(/C(O)=C2\C(=O)C(=O)N(c3ccc(C(C)C)cc3)C2c2cccnc2)cc1C. The van der Waals surface area contributed by atoms with Crippen molar-refractivity contribution in [2.24, 2.45) is 0 Å². The number of ketones is 1. The van der Waals surface area contributed by atoms with Gasteiger partial charge < -0.3 is 9.84 Å². The molecule has 1 N–H and O–H groups in total. The molecule has 1 amide bonds. The lowest BCUT2D eigenvalue weighted by atomic mass is 9.93. The van der Waals surface area contributed by atoms with Gasteiger partial charge in [0.05, 0.1) is 18.7 Å². The molecule has 174 valence electrons. The first-order valence-electron chi connectivity index (χ1n) is 11.2. The number of benzene rings is 2. The zero-order valence-electron chi connectivity index (χ0n) is 20.0. The van der Waals surface area contributed by atoms with Crippen molar-refractivity contribution in [2.45, 2.75) is 39.7 Å². The van der Waals surface area contributed by atoms with Crippen LogP contribution in [-0.2, 0) is 9.59 Å². The topological polar surface area (TPSA) is 79.7 Å². The van der Waals surface area contributed by atoms with Gasteiger partial charge in [0.25, 0.3) is 11.7 Å². The van der Waals surface area contributed by atoms with Crippen molar-refractivity contribution in [2.75, 3.05) is 12.0 Å². The van der Waals surface area contributed by atoms with Crippen molar-refractivity contribution in [1.29, 1.82) is 0 Å². The van der Waals surface area contributed by atoms with Gasteiger partial charge in [0, 0.05) is 23.6 Å². The number of carbonyl (C=O) groups excluding carboxylic acids is 2. The number of rotatable bonds is 5. The van der Waals surface area contributed by atoms with Crippen molar-refractivity contribution in [3.8, 4) is 5.75 Å². The summed E-state index contributed by atoms with van der Waals surface area (Å²) in [4.78, 5) is 32.3. The Labute approximate surface area is 199 Å². The number of hydrogen-bond acceptors (Lipinski definition) is 5. The van der Waals surface area contributed by atoms with Gasteiger partial charge in [0.2, 0.25) is 0 Å². The first-order chi connectivity index (χ1) is 16.2. The summed E-state index contributed by atoms with van der Waals surface area (Å²) in [6.07, 6.45) is 3.25. The number of Topliss-reactive ketones (excluding diaryl/α,β-unsaturated/α-hetero) is 1. The van der Waals surface area contributed by atoms with Crippen LogP contribution in [0.5, 0.6) is 5.75 Å². The van der Waals surface area contributed by atoms with Crippen LogP contribution < -0.4 is 9.64 Å². The molecule has 0 saturated carbocycles. The van der Waals surface area contributed by atoms with Gasteiger partial charge >= 0.3 is 0 Å². The molecule has 0 radical (unpaired) electrons. The highest BCUT2D eigenvalue weighted by atomic mass is 16.5. The van der Waals surface area contributed by atoms with Gasteiger partial charge in [-0.1, -0.05) is 32.0 Å². The lowest BCUT2D eigenvalue weighted by molar-refractivity contribution is -0.132. The summed E-state index contributed by atoms with van der Waals surface area (Å²) in [6, 6.07) is 13.9. The summed E-state index contributed by atoms with van der Waals surface area (Å²) in [7, 11) is 1.58. The van der Waals surface area contributed by atoms with E-state index in [1.165, 1.54) is 4.90 Å². The van der Waals surface area contributed by atoms with Gasteiger partial charge in [0.1, 0.15) is 11.5 Å². The number of aryl methyl sites for hydroxylation is 2. The molecule has 0 spiro atoms. The summed E-state index contributed by atoms with van der Waals surface area (Å²) < 4.78 is 5.38. The van der Waals surface area contributed by atoms with Crippen molar-refractivity contribution >= 4 is 23.1 Å². The van der Waals surface area contributed by atoms with Crippen molar-refractivity contribution in [3.63, 3.8) is 0 Å². The van der Waals surface area contributed by atoms with Crippen LogP contribution in [-0.4, -0.2) is 28.9 Å². The van der Waals surface area contributed by atoms with Crippen molar-refractivity contribution in [1.82, 2.24) is 4.98 Å². The molecule has 1 aromatic heterocycles. The van der Waals surface area contributed by atoms with Crippen LogP contribution in [0.2, 0.25) is 0 Å². The Hall–Kier alpha value is -3.93. The van der Waals surface area contributed by atoms with E-state index in [0.29, 0.717) is 28.5 Å². The molecule has 6 heteroatoms. The van der Waals surface area contributed by atoms with E-state index >= 15 is 0 Å². The molecule has 34 heavy (non-hydrogen) atoms. The van der Waals surface area contributed by atoms with Gasteiger partial charge in [0.15, 0.2) is 0 Å². The number of pyridine rings is 1.